The van der Waals surface area contributed by atoms with Crippen molar-refractivity contribution < 1.29 is 51.0 Å². The van der Waals surface area contributed by atoms with Crippen molar-refractivity contribution in [3.63, 3.8) is 0 Å². The number of aryl methyl sites for hydroxylation is 2. The summed E-state index contributed by atoms with van der Waals surface area (Å²) in [7, 11) is -2.29. The molecule has 0 aromatic heterocycles. The van der Waals surface area contributed by atoms with Crippen LogP contribution >= 0.6 is 46.4 Å². The second kappa shape index (κ2) is 13.5. The number of hydrogen-bond acceptors (Lipinski definition) is 0. The van der Waals surface area contributed by atoms with Crippen molar-refractivity contribution in [1.29, 1.82) is 0 Å². The van der Waals surface area contributed by atoms with Gasteiger partial charge in [0, 0.05) is 28.2 Å². The van der Waals surface area contributed by atoms with Gasteiger partial charge in [-0.3, -0.25) is 0 Å². The Morgan fingerprint density at radius 3 is 1.29 bits per heavy atom. The van der Waals surface area contributed by atoms with Crippen molar-refractivity contribution in [3.05, 3.63) is 116 Å². The third-order valence-electron chi connectivity index (χ3n) is 7.92. The van der Waals surface area contributed by atoms with Gasteiger partial charge in [-0.05, 0) is 35.4 Å². The Morgan fingerprint density at radius 1 is 0.548 bits per heavy atom. The molecule has 0 amide bonds. The summed E-state index contributed by atoms with van der Waals surface area (Å²) < 4.78 is 0. The van der Waals surface area contributed by atoms with E-state index >= 15 is 0 Å². The Balaban J connectivity index is 0.00000161. The van der Waals surface area contributed by atoms with Gasteiger partial charge in [-0.25, -0.2) is 0 Å². The predicted octanol–water partition coefficient (Wildman–Crippen LogP) is 4.82. The topological polar surface area (TPSA) is 0 Å². The Labute approximate surface area is 300 Å². The molecular formula is C34H26Cl6SiZr. The van der Waals surface area contributed by atoms with Crippen molar-refractivity contribution in [2.75, 3.05) is 0 Å². The van der Waals surface area contributed by atoms with E-state index in [2.05, 4.69) is 75.5 Å². The van der Waals surface area contributed by atoms with Crippen molar-refractivity contribution in [2.45, 2.75) is 26.9 Å². The quantitative estimate of drug-likeness (QED) is 0.179. The van der Waals surface area contributed by atoms with Gasteiger partial charge in [-0.15, -0.1) is 69.1 Å². The van der Waals surface area contributed by atoms with Gasteiger partial charge in [0.05, 0.1) is 0 Å². The fraction of sp³-hybridized carbons (Fsp3) is 0.118. The molecule has 0 heterocycles. The zero-order chi connectivity index (χ0) is 27.6. The summed E-state index contributed by atoms with van der Waals surface area (Å²) in [5.74, 6) is 0. The molecule has 0 nitrogen and oxygen atoms in total. The fourth-order valence-electron chi connectivity index (χ4n) is 6.54. The molecule has 6 rings (SSSR count). The van der Waals surface area contributed by atoms with E-state index < -0.39 is 8.07 Å². The van der Waals surface area contributed by atoms with Crippen LogP contribution in [0.1, 0.15) is 11.1 Å². The summed E-state index contributed by atoms with van der Waals surface area (Å²) in [6.45, 7) is 9.43. The zero-order valence-corrected chi connectivity index (χ0v) is 31.3. The molecule has 0 aliphatic rings. The van der Waals surface area contributed by atoms with E-state index in [-0.39, 0.29) is 51.0 Å². The van der Waals surface area contributed by atoms with Crippen LogP contribution in [-0.4, -0.2) is 8.07 Å². The van der Waals surface area contributed by atoms with E-state index in [1.165, 1.54) is 43.0 Å². The van der Waals surface area contributed by atoms with Gasteiger partial charge in [0.25, 0.3) is 0 Å². The van der Waals surface area contributed by atoms with Crippen LogP contribution in [0.4, 0.5) is 0 Å². The number of rotatable bonds is 4. The molecule has 6 aromatic rings. The van der Waals surface area contributed by atoms with E-state index in [1.807, 2.05) is 36.4 Å². The molecule has 0 aliphatic heterocycles. The number of halogens is 6. The van der Waals surface area contributed by atoms with Gasteiger partial charge in [0.15, 0.2) is 0 Å². The van der Waals surface area contributed by atoms with E-state index in [0.717, 1.165) is 22.3 Å². The van der Waals surface area contributed by atoms with Crippen LogP contribution in [0.2, 0.25) is 33.2 Å². The van der Waals surface area contributed by atoms with Crippen LogP contribution in [0, 0.1) is 13.8 Å². The van der Waals surface area contributed by atoms with Crippen LogP contribution in [0.25, 0.3) is 43.8 Å². The maximum atomic E-state index is 6.76. The molecule has 212 valence electrons. The zero-order valence-electron chi connectivity index (χ0n) is 23.4. The van der Waals surface area contributed by atoms with Gasteiger partial charge in [0.2, 0.25) is 0 Å². The van der Waals surface area contributed by atoms with Crippen molar-refractivity contribution in [2.24, 2.45) is 0 Å². The SMILES string of the molecule is Cc1[cH-]c2cccc(-c3ccc(Cl)cc3Cl)c2c1[Si](C)(C)c1c(C)[cH-]c2cccc(-c3ccc(Cl)cc3Cl)c12.[Cl-].[Cl-].[Zr+4]. The first-order valence-electron chi connectivity index (χ1n) is 12.9. The smallest absolute Gasteiger partial charge is 1.00 e. The summed E-state index contributed by atoms with van der Waals surface area (Å²) >= 11 is 26.0. The Hall–Kier alpha value is -1.06. The Bertz CT molecular complexity index is 1780. The van der Waals surface area contributed by atoms with Crippen LogP contribution in [0.15, 0.2) is 84.9 Å². The van der Waals surface area contributed by atoms with Crippen LogP contribution in [0.3, 0.4) is 0 Å². The molecule has 8 heteroatoms. The molecule has 0 atom stereocenters. The number of hydrogen-bond donors (Lipinski definition) is 0. The first-order valence-corrected chi connectivity index (χ1v) is 17.4. The largest absolute Gasteiger partial charge is 4.00 e. The van der Waals surface area contributed by atoms with Gasteiger partial charge < -0.3 is 24.8 Å². The van der Waals surface area contributed by atoms with Crippen LogP contribution in [-0.2, 0) is 26.2 Å². The molecule has 0 fully saturated rings. The molecule has 0 unspecified atom stereocenters. The molecule has 0 aliphatic carbocycles. The van der Waals surface area contributed by atoms with E-state index in [0.29, 0.717) is 20.1 Å². The Morgan fingerprint density at radius 2 is 0.929 bits per heavy atom. The van der Waals surface area contributed by atoms with Crippen molar-refractivity contribution >= 4 is 86.4 Å². The third-order valence-corrected chi connectivity index (χ3v) is 12.8. The maximum absolute atomic E-state index is 6.76. The summed E-state index contributed by atoms with van der Waals surface area (Å²) in [5, 5.41) is 10.5. The number of benzene rings is 4. The minimum Gasteiger partial charge on any atom is -1.00 e. The standard InChI is InChI=1S/C34H26Cl4Si.2ClH.Zr/c1-19-15-21-7-5-9-27(25-13-11-23(35)17-29(25)37)31(21)33(19)39(3,4)34-20(2)16-22-8-6-10-28(32(22)34)26-14-12-24(36)18-30(26)38;;;/h5-18H,1-4H3;2*1H;/q-2;;;+4/p-2. The van der Waals surface area contributed by atoms with Gasteiger partial charge in [0.1, 0.15) is 0 Å². The van der Waals surface area contributed by atoms with Crippen LogP contribution < -0.4 is 35.2 Å². The Kier molecular flexibility index (Phi) is 11.4. The van der Waals surface area contributed by atoms with Gasteiger partial charge in [-0.1, -0.05) is 109 Å². The number of fused-ring (bicyclic) bond motifs is 2. The minimum absolute atomic E-state index is 0. The van der Waals surface area contributed by atoms with Gasteiger partial charge in [-0.2, -0.15) is 10.4 Å². The molecule has 6 aromatic carbocycles. The molecule has 0 bridgehead atoms. The molecule has 42 heavy (non-hydrogen) atoms. The summed E-state index contributed by atoms with van der Waals surface area (Å²) in [6, 6.07) is 29.2. The summed E-state index contributed by atoms with van der Waals surface area (Å²) in [5.41, 5.74) is 6.92. The van der Waals surface area contributed by atoms with E-state index in [4.69, 9.17) is 46.4 Å². The monoisotopic (exact) mass is 762 g/mol. The summed E-state index contributed by atoms with van der Waals surface area (Å²) in [4.78, 5) is 0. The molecule has 0 saturated heterocycles. The first kappa shape index (κ1) is 35.4. The van der Waals surface area contributed by atoms with E-state index in [1.54, 1.807) is 0 Å². The van der Waals surface area contributed by atoms with Gasteiger partial charge >= 0.3 is 26.2 Å². The summed E-state index contributed by atoms with van der Waals surface area (Å²) in [6.07, 6.45) is 0. The average molecular weight is 767 g/mol. The molecule has 0 saturated carbocycles. The minimum atomic E-state index is -2.29. The molecule has 0 radical (unpaired) electrons. The molecule has 0 N–H and O–H groups in total. The normalized spacial score (nSPS) is 11.2. The van der Waals surface area contributed by atoms with E-state index in [9.17, 15) is 0 Å². The maximum Gasteiger partial charge on any atom is 4.00 e. The molecule has 0 spiro atoms. The first-order chi connectivity index (χ1) is 18.6. The third kappa shape index (κ3) is 5.96. The molecular weight excluding hydrogens is 740 g/mol. The average Bonchev–Trinajstić information content (AvgIpc) is 3.40. The second-order valence-electron chi connectivity index (χ2n) is 10.8. The fourth-order valence-corrected chi connectivity index (χ4v) is 11.7. The second-order valence-corrected chi connectivity index (χ2v) is 16.8. The van der Waals surface area contributed by atoms with Crippen LogP contribution in [0.5, 0.6) is 0 Å². The van der Waals surface area contributed by atoms with Crippen molar-refractivity contribution in [1.82, 2.24) is 0 Å². The van der Waals surface area contributed by atoms with Crippen molar-refractivity contribution in [3.8, 4) is 22.3 Å². The predicted molar refractivity (Wildman–Crippen MR) is 176 cm³/mol.